The van der Waals surface area contributed by atoms with Crippen LogP contribution in [0.5, 0.6) is 5.75 Å². The second-order valence-corrected chi connectivity index (χ2v) is 3.51. The first-order chi connectivity index (χ1) is 7.10. The normalized spacial score (nSPS) is 12.6. The summed E-state index contributed by atoms with van der Waals surface area (Å²) in [6.45, 7) is 0.304. The summed E-state index contributed by atoms with van der Waals surface area (Å²) >= 11 is 5.77. The van der Waals surface area contributed by atoms with Crippen molar-refractivity contribution < 1.29 is 14.2 Å². The minimum atomic E-state index is -0.863. The molecular formula is C10H13ClFNO2. The van der Waals surface area contributed by atoms with E-state index in [1.54, 1.807) is 0 Å². The van der Waals surface area contributed by atoms with Crippen molar-refractivity contribution in [1.29, 1.82) is 0 Å². The number of rotatable bonds is 4. The summed E-state index contributed by atoms with van der Waals surface area (Å²) in [4.78, 5) is 0. The number of ether oxygens (including phenoxy) is 1. The Morgan fingerprint density at radius 2 is 2.27 bits per heavy atom. The van der Waals surface area contributed by atoms with Crippen LogP contribution in [0.4, 0.5) is 4.39 Å². The molecule has 0 heterocycles. The molecule has 3 nitrogen and oxygen atoms in total. The van der Waals surface area contributed by atoms with Gasteiger partial charge in [-0.3, -0.25) is 0 Å². The average molecular weight is 234 g/mol. The van der Waals surface area contributed by atoms with Crippen LogP contribution in [0.25, 0.3) is 0 Å². The Labute approximate surface area is 92.6 Å². The summed E-state index contributed by atoms with van der Waals surface area (Å²) in [5.41, 5.74) is 5.63. The lowest BCUT2D eigenvalue weighted by atomic mass is 10.1. The van der Waals surface area contributed by atoms with Gasteiger partial charge in [0.05, 0.1) is 18.2 Å². The van der Waals surface area contributed by atoms with Crippen molar-refractivity contribution >= 4 is 11.6 Å². The van der Waals surface area contributed by atoms with E-state index < -0.39 is 11.9 Å². The van der Waals surface area contributed by atoms with Crippen LogP contribution in [0.1, 0.15) is 18.1 Å². The summed E-state index contributed by atoms with van der Waals surface area (Å²) in [6.07, 6.45) is -0.533. The fourth-order valence-corrected chi connectivity index (χ4v) is 1.65. The van der Waals surface area contributed by atoms with E-state index in [2.05, 4.69) is 0 Å². The lowest BCUT2D eigenvalue weighted by molar-refractivity contribution is 0.165. The highest BCUT2D eigenvalue weighted by Crippen LogP contribution is 2.34. The van der Waals surface area contributed by atoms with E-state index >= 15 is 0 Å². The predicted molar refractivity (Wildman–Crippen MR) is 56.6 cm³/mol. The van der Waals surface area contributed by atoms with E-state index in [0.29, 0.717) is 24.3 Å². The van der Waals surface area contributed by atoms with Gasteiger partial charge in [0.1, 0.15) is 11.6 Å². The zero-order chi connectivity index (χ0) is 11.4. The Hall–Kier alpha value is -0.840. The third-order valence-electron chi connectivity index (χ3n) is 2.04. The van der Waals surface area contributed by atoms with Crippen LogP contribution in [0, 0.1) is 5.82 Å². The van der Waals surface area contributed by atoms with Crippen LogP contribution in [0.3, 0.4) is 0 Å². The number of hydrogen-bond donors (Lipinski definition) is 2. The van der Waals surface area contributed by atoms with Crippen molar-refractivity contribution in [2.45, 2.75) is 12.5 Å². The molecule has 0 aliphatic rings. The van der Waals surface area contributed by atoms with Gasteiger partial charge in [-0.15, -0.1) is 0 Å². The van der Waals surface area contributed by atoms with E-state index in [1.165, 1.54) is 13.2 Å². The quantitative estimate of drug-likeness (QED) is 0.835. The third kappa shape index (κ3) is 2.81. The van der Waals surface area contributed by atoms with Crippen molar-refractivity contribution in [1.82, 2.24) is 0 Å². The molecule has 0 amide bonds. The van der Waals surface area contributed by atoms with Crippen LogP contribution in [-0.4, -0.2) is 18.8 Å². The van der Waals surface area contributed by atoms with Gasteiger partial charge < -0.3 is 15.6 Å². The number of aliphatic hydroxyl groups is 1. The van der Waals surface area contributed by atoms with E-state index in [0.717, 1.165) is 6.07 Å². The fourth-order valence-electron chi connectivity index (χ4n) is 1.36. The molecule has 1 unspecified atom stereocenters. The Morgan fingerprint density at radius 3 is 2.80 bits per heavy atom. The molecule has 0 saturated heterocycles. The smallest absolute Gasteiger partial charge is 0.143 e. The number of hydrogen-bond acceptors (Lipinski definition) is 3. The molecule has 0 spiro atoms. The van der Waals surface area contributed by atoms with Gasteiger partial charge in [-0.25, -0.2) is 4.39 Å². The van der Waals surface area contributed by atoms with Crippen LogP contribution in [-0.2, 0) is 0 Å². The van der Waals surface area contributed by atoms with Crippen LogP contribution >= 0.6 is 11.6 Å². The molecule has 3 N–H and O–H groups in total. The molecule has 0 aliphatic carbocycles. The van der Waals surface area contributed by atoms with Crippen LogP contribution in [0.2, 0.25) is 5.02 Å². The summed E-state index contributed by atoms with van der Waals surface area (Å²) in [5, 5.41) is 9.84. The molecule has 1 aromatic carbocycles. The highest BCUT2D eigenvalue weighted by atomic mass is 35.5. The largest absolute Gasteiger partial charge is 0.495 e. The Morgan fingerprint density at radius 1 is 1.60 bits per heavy atom. The number of aliphatic hydroxyl groups excluding tert-OH is 1. The average Bonchev–Trinajstić information content (AvgIpc) is 2.17. The van der Waals surface area contributed by atoms with E-state index in [4.69, 9.17) is 22.1 Å². The van der Waals surface area contributed by atoms with E-state index in [-0.39, 0.29) is 5.02 Å². The van der Waals surface area contributed by atoms with Crippen molar-refractivity contribution in [2.75, 3.05) is 13.7 Å². The van der Waals surface area contributed by atoms with Gasteiger partial charge in [-0.2, -0.15) is 0 Å². The maximum atomic E-state index is 13.1. The first-order valence-electron chi connectivity index (χ1n) is 4.51. The van der Waals surface area contributed by atoms with Crippen molar-refractivity contribution in [3.8, 4) is 5.75 Å². The molecule has 5 heteroatoms. The van der Waals surface area contributed by atoms with E-state index in [1.807, 2.05) is 0 Å². The topological polar surface area (TPSA) is 55.5 Å². The number of benzene rings is 1. The molecule has 0 aromatic heterocycles. The highest BCUT2D eigenvalue weighted by molar-refractivity contribution is 6.32. The molecule has 1 rings (SSSR count). The molecule has 0 bridgehead atoms. The summed E-state index contributed by atoms with van der Waals surface area (Å²) in [5.74, 6) is -0.217. The van der Waals surface area contributed by atoms with Gasteiger partial charge in [0.25, 0.3) is 0 Å². The summed E-state index contributed by atoms with van der Waals surface area (Å²) < 4.78 is 18.1. The Bertz CT molecular complexity index is 346. The molecule has 15 heavy (non-hydrogen) atoms. The van der Waals surface area contributed by atoms with Gasteiger partial charge in [-0.05, 0) is 25.1 Å². The van der Waals surface area contributed by atoms with Gasteiger partial charge >= 0.3 is 0 Å². The van der Waals surface area contributed by atoms with Crippen LogP contribution < -0.4 is 10.5 Å². The maximum absolute atomic E-state index is 13.1. The SMILES string of the molecule is COc1c(Cl)cc(F)cc1C(O)CCN. The summed E-state index contributed by atoms with van der Waals surface area (Å²) in [7, 11) is 1.41. The zero-order valence-electron chi connectivity index (χ0n) is 8.34. The zero-order valence-corrected chi connectivity index (χ0v) is 9.09. The minimum absolute atomic E-state index is 0.142. The summed E-state index contributed by atoms with van der Waals surface area (Å²) in [6, 6.07) is 2.34. The second-order valence-electron chi connectivity index (χ2n) is 3.10. The molecule has 84 valence electrons. The number of halogens is 2. The first-order valence-corrected chi connectivity index (χ1v) is 4.89. The molecule has 1 atom stereocenters. The lowest BCUT2D eigenvalue weighted by Crippen LogP contribution is -2.08. The van der Waals surface area contributed by atoms with Gasteiger partial charge in [-0.1, -0.05) is 11.6 Å². The molecule has 0 radical (unpaired) electrons. The van der Waals surface area contributed by atoms with Crippen molar-refractivity contribution in [3.05, 3.63) is 28.5 Å². The third-order valence-corrected chi connectivity index (χ3v) is 2.32. The number of methoxy groups -OCH3 is 1. The van der Waals surface area contributed by atoms with Crippen molar-refractivity contribution in [2.24, 2.45) is 5.73 Å². The van der Waals surface area contributed by atoms with Gasteiger partial charge in [0.2, 0.25) is 0 Å². The first kappa shape index (κ1) is 12.2. The Kier molecular flexibility index (Phi) is 4.32. The van der Waals surface area contributed by atoms with Gasteiger partial charge in [0.15, 0.2) is 0 Å². The molecule has 1 aromatic rings. The van der Waals surface area contributed by atoms with Gasteiger partial charge in [0, 0.05) is 5.56 Å². The fraction of sp³-hybridized carbons (Fsp3) is 0.400. The monoisotopic (exact) mass is 233 g/mol. The second kappa shape index (κ2) is 5.30. The molecule has 0 aliphatic heterocycles. The minimum Gasteiger partial charge on any atom is -0.495 e. The number of nitrogens with two attached hydrogens (primary N) is 1. The highest BCUT2D eigenvalue weighted by Gasteiger charge is 2.16. The molecule has 0 fully saturated rings. The predicted octanol–water partition coefficient (Wildman–Crippen LogP) is 1.87. The maximum Gasteiger partial charge on any atom is 0.143 e. The standard InChI is InChI=1S/C10H13ClFNO2/c1-15-10-7(9(14)2-3-13)4-6(12)5-8(10)11/h4-5,9,14H,2-3,13H2,1H3. The van der Waals surface area contributed by atoms with Crippen LogP contribution in [0.15, 0.2) is 12.1 Å². The lowest BCUT2D eigenvalue weighted by Gasteiger charge is -2.15. The molecular weight excluding hydrogens is 221 g/mol. The Balaban J connectivity index is 3.13. The van der Waals surface area contributed by atoms with E-state index in [9.17, 15) is 9.50 Å². The van der Waals surface area contributed by atoms with Crippen molar-refractivity contribution in [3.63, 3.8) is 0 Å². The molecule has 0 saturated carbocycles.